The van der Waals surface area contributed by atoms with Gasteiger partial charge in [-0.3, -0.25) is 4.79 Å². The highest BCUT2D eigenvalue weighted by Crippen LogP contribution is 2.28. The van der Waals surface area contributed by atoms with Gasteiger partial charge < -0.3 is 20.0 Å². The Morgan fingerprint density at radius 2 is 2.00 bits per heavy atom. The molecule has 1 aromatic carbocycles. The first kappa shape index (κ1) is 12.6. The number of primary amides is 1. The number of aromatic carboxylic acids is 1. The summed E-state index contributed by atoms with van der Waals surface area (Å²) in [4.78, 5) is 21.7. The summed E-state index contributed by atoms with van der Waals surface area (Å²) in [7, 11) is 0. The van der Waals surface area contributed by atoms with Crippen molar-refractivity contribution in [2.45, 2.75) is 0 Å². The van der Waals surface area contributed by atoms with Gasteiger partial charge in [-0.15, -0.1) is 0 Å². The van der Waals surface area contributed by atoms with Gasteiger partial charge >= 0.3 is 5.97 Å². The largest absolute Gasteiger partial charge is 0.475 e. The van der Waals surface area contributed by atoms with E-state index in [-0.39, 0.29) is 17.5 Å². The van der Waals surface area contributed by atoms with E-state index >= 15 is 0 Å². The maximum absolute atomic E-state index is 13.4. The molecule has 0 bridgehead atoms. The number of amides is 1. The summed E-state index contributed by atoms with van der Waals surface area (Å²) < 4.78 is 23.4. The fourth-order valence-corrected chi connectivity index (χ4v) is 1.43. The molecule has 0 saturated carbocycles. The van der Waals surface area contributed by atoms with E-state index in [1.165, 1.54) is 24.3 Å². The van der Waals surface area contributed by atoms with Gasteiger partial charge in [0, 0.05) is 6.07 Å². The lowest BCUT2D eigenvalue weighted by molar-refractivity contribution is 0.0656. The van der Waals surface area contributed by atoms with E-state index in [9.17, 15) is 14.0 Å². The minimum Gasteiger partial charge on any atom is -0.475 e. The number of carboxylic acids is 1. The average Bonchev–Trinajstić information content (AvgIpc) is 2.77. The second kappa shape index (κ2) is 4.81. The molecule has 6 nitrogen and oxygen atoms in total. The van der Waals surface area contributed by atoms with Crippen molar-refractivity contribution in [2.24, 2.45) is 5.73 Å². The van der Waals surface area contributed by atoms with E-state index in [0.717, 1.165) is 6.07 Å². The Hall–Kier alpha value is -2.83. The maximum Gasteiger partial charge on any atom is 0.371 e. The molecule has 0 aliphatic heterocycles. The van der Waals surface area contributed by atoms with Crippen LogP contribution in [0.3, 0.4) is 0 Å². The van der Waals surface area contributed by atoms with Crippen LogP contribution >= 0.6 is 0 Å². The number of halogens is 1. The first-order valence-electron chi connectivity index (χ1n) is 5.08. The van der Waals surface area contributed by atoms with Gasteiger partial charge in [-0.1, -0.05) is 6.07 Å². The molecule has 19 heavy (non-hydrogen) atoms. The highest BCUT2D eigenvalue weighted by atomic mass is 19.1. The normalized spacial score (nSPS) is 10.2. The molecule has 0 fully saturated rings. The summed E-state index contributed by atoms with van der Waals surface area (Å²) >= 11 is 0. The minimum atomic E-state index is -1.27. The van der Waals surface area contributed by atoms with Crippen LogP contribution < -0.4 is 10.5 Å². The molecule has 1 heterocycles. The molecule has 0 unspecified atom stereocenters. The SMILES string of the molecule is NC(=O)c1c(F)cccc1Oc1ccc(C(=O)O)o1. The molecule has 2 rings (SSSR count). The highest BCUT2D eigenvalue weighted by Gasteiger charge is 2.17. The van der Waals surface area contributed by atoms with Gasteiger partial charge in [0.2, 0.25) is 5.76 Å². The first-order chi connectivity index (χ1) is 8.99. The second-order valence-electron chi connectivity index (χ2n) is 3.50. The van der Waals surface area contributed by atoms with Crippen LogP contribution in [0.5, 0.6) is 11.7 Å². The molecule has 0 saturated heterocycles. The van der Waals surface area contributed by atoms with Crippen molar-refractivity contribution in [2.75, 3.05) is 0 Å². The summed E-state index contributed by atoms with van der Waals surface area (Å²) in [6, 6.07) is 6.09. The standard InChI is InChI=1S/C12H8FNO5/c13-6-2-1-3-7(10(6)11(14)15)18-9-5-4-8(19-9)12(16)17/h1-5H,(H2,14,15)(H,16,17). The van der Waals surface area contributed by atoms with Gasteiger partial charge in [0.25, 0.3) is 11.9 Å². The number of carbonyl (C=O) groups is 2. The third-order valence-corrected chi connectivity index (χ3v) is 2.22. The third kappa shape index (κ3) is 2.54. The molecule has 7 heteroatoms. The van der Waals surface area contributed by atoms with Gasteiger partial charge in [0.1, 0.15) is 17.1 Å². The minimum absolute atomic E-state index is 0.154. The Morgan fingerprint density at radius 1 is 1.26 bits per heavy atom. The van der Waals surface area contributed by atoms with Crippen molar-refractivity contribution in [1.29, 1.82) is 0 Å². The predicted molar refractivity (Wildman–Crippen MR) is 60.7 cm³/mol. The van der Waals surface area contributed by atoms with Crippen LogP contribution in [0.2, 0.25) is 0 Å². The van der Waals surface area contributed by atoms with E-state index in [2.05, 4.69) is 0 Å². The number of benzene rings is 1. The fourth-order valence-electron chi connectivity index (χ4n) is 1.43. The van der Waals surface area contributed by atoms with Gasteiger partial charge in [-0.25, -0.2) is 9.18 Å². The molecule has 98 valence electrons. The van der Waals surface area contributed by atoms with E-state index in [4.69, 9.17) is 20.0 Å². The number of carbonyl (C=O) groups excluding carboxylic acids is 1. The summed E-state index contributed by atoms with van der Waals surface area (Å²) in [6.07, 6.45) is 0. The molecule has 0 spiro atoms. The molecular weight excluding hydrogens is 257 g/mol. The van der Waals surface area contributed by atoms with Crippen molar-refractivity contribution >= 4 is 11.9 Å². The zero-order valence-corrected chi connectivity index (χ0v) is 9.42. The molecule has 0 aliphatic rings. The lowest BCUT2D eigenvalue weighted by Gasteiger charge is -2.06. The van der Waals surface area contributed by atoms with Gasteiger partial charge in [0.15, 0.2) is 0 Å². The van der Waals surface area contributed by atoms with Crippen LogP contribution in [-0.2, 0) is 0 Å². The van der Waals surface area contributed by atoms with Crippen LogP contribution in [0, 0.1) is 5.82 Å². The molecule has 0 radical (unpaired) electrons. The van der Waals surface area contributed by atoms with E-state index < -0.39 is 23.3 Å². The van der Waals surface area contributed by atoms with E-state index in [1.807, 2.05) is 0 Å². The Balaban J connectivity index is 2.35. The lowest BCUT2D eigenvalue weighted by Crippen LogP contribution is -2.14. The monoisotopic (exact) mass is 265 g/mol. The Kier molecular flexibility index (Phi) is 3.19. The Morgan fingerprint density at radius 3 is 2.58 bits per heavy atom. The van der Waals surface area contributed by atoms with E-state index in [0.29, 0.717) is 0 Å². The zero-order valence-electron chi connectivity index (χ0n) is 9.42. The number of carboxylic acid groups (broad SMARTS) is 1. The summed E-state index contributed by atoms with van der Waals surface area (Å²) in [5.74, 6) is -3.80. The second-order valence-corrected chi connectivity index (χ2v) is 3.50. The van der Waals surface area contributed by atoms with Crippen molar-refractivity contribution in [3.05, 3.63) is 47.5 Å². The van der Waals surface area contributed by atoms with Crippen molar-refractivity contribution < 1.29 is 28.2 Å². The van der Waals surface area contributed by atoms with Gasteiger partial charge in [-0.05, 0) is 18.2 Å². The topological polar surface area (TPSA) is 103 Å². The zero-order chi connectivity index (χ0) is 14.0. The van der Waals surface area contributed by atoms with Crippen molar-refractivity contribution in [3.63, 3.8) is 0 Å². The molecule has 0 atom stereocenters. The number of nitrogens with two attached hydrogens (primary N) is 1. The van der Waals surface area contributed by atoms with Crippen LogP contribution in [0.1, 0.15) is 20.9 Å². The summed E-state index contributed by atoms with van der Waals surface area (Å²) in [5, 5.41) is 8.67. The highest BCUT2D eigenvalue weighted by molar-refractivity contribution is 5.96. The maximum atomic E-state index is 13.4. The number of furan rings is 1. The molecule has 2 aromatic rings. The Labute approximate surface area is 106 Å². The molecular formula is C12H8FNO5. The smallest absolute Gasteiger partial charge is 0.371 e. The van der Waals surface area contributed by atoms with Crippen molar-refractivity contribution in [3.8, 4) is 11.7 Å². The van der Waals surface area contributed by atoms with Crippen LogP contribution in [0.15, 0.2) is 34.7 Å². The van der Waals surface area contributed by atoms with Crippen molar-refractivity contribution in [1.82, 2.24) is 0 Å². The molecule has 1 aromatic heterocycles. The average molecular weight is 265 g/mol. The Bertz CT molecular complexity index is 649. The molecule has 0 aliphatic carbocycles. The number of rotatable bonds is 4. The summed E-state index contributed by atoms with van der Waals surface area (Å²) in [6.45, 7) is 0. The number of ether oxygens (including phenoxy) is 1. The number of hydrogen-bond donors (Lipinski definition) is 2. The molecule has 3 N–H and O–H groups in total. The lowest BCUT2D eigenvalue weighted by atomic mass is 10.2. The quantitative estimate of drug-likeness (QED) is 0.880. The molecule has 1 amide bonds. The van der Waals surface area contributed by atoms with Crippen LogP contribution in [0.4, 0.5) is 4.39 Å². The fraction of sp³-hybridized carbons (Fsp3) is 0. The first-order valence-corrected chi connectivity index (χ1v) is 5.08. The van der Waals surface area contributed by atoms with Crippen LogP contribution in [-0.4, -0.2) is 17.0 Å². The van der Waals surface area contributed by atoms with E-state index in [1.54, 1.807) is 0 Å². The predicted octanol–water partition coefficient (Wildman–Crippen LogP) is 2.01. The third-order valence-electron chi connectivity index (χ3n) is 2.22. The van der Waals surface area contributed by atoms with Crippen LogP contribution in [0.25, 0.3) is 0 Å². The summed E-state index contributed by atoms with van der Waals surface area (Å²) in [5.41, 5.74) is 4.60. The van der Waals surface area contributed by atoms with Gasteiger partial charge in [0.05, 0.1) is 0 Å². The van der Waals surface area contributed by atoms with Gasteiger partial charge in [-0.2, -0.15) is 0 Å². The number of hydrogen-bond acceptors (Lipinski definition) is 4.